The third-order valence-corrected chi connectivity index (χ3v) is 4.32. The molecule has 0 aliphatic carbocycles. The van der Waals surface area contributed by atoms with Gasteiger partial charge in [-0.15, -0.1) is 0 Å². The van der Waals surface area contributed by atoms with Crippen LogP contribution in [0.5, 0.6) is 11.5 Å². The number of para-hydroxylation sites is 1. The van der Waals surface area contributed by atoms with E-state index in [4.69, 9.17) is 9.47 Å². The molecule has 126 valence electrons. The van der Waals surface area contributed by atoms with Crippen molar-refractivity contribution in [2.75, 3.05) is 26.1 Å². The van der Waals surface area contributed by atoms with Crippen LogP contribution in [0.2, 0.25) is 0 Å². The Morgan fingerprint density at radius 3 is 2.67 bits per heavy atom. The van der Waals surface area contributed by atoms with Crippen LogP contribution in [0.1, 0.15) is 29.7 Å². The van der Waals surface area contributed by atoms with Crippen molar-refractivity contribution in [1.82, 2.24) is 5.32 Å². The number of methoxy groups -OCH3 is 2. The number of hydrogen-bond donors (Lipinski definition) is 2. The van der Waals surface area contributed by atoms with Crippen molar-refractivity contribution in [1.29, 1.82) is 0 Å². The zero-order valence-electron chi connectivity index (χ0n) is 14.2. The van der Waals surface area contributed by atoms with Crippen molar-refractivity contribution in [2.24, 2.45) is 0 Å². The predicted molar refractivity (Wildman–Crippen MR) is 93.8 cm³/mol. The molecule has 1 aliphatic heterocycles. The van der Waals surface area contributed by atoms with Crippen molar-refractivity contribution in [3.63, 3.8) is 0 Å². The molecule has 1 atom stereocenters. The van der Waals surface area contributed by atoms with Gasteiger partial charge in [-0.2, -0.15) is 0 Å². The number of fused-ring (bicyclic) bond motifs is 1. The van der Waals surface area contributed by atoms with Crippen LogP contribution in [-0.2, 0) is 11.2 Å². The Morgan fingerprint density at radius 2 is 1.96 bits per heavy atom. The lowest BCUT2D eigenvalue weighted by molar-refractivity contribution is -0.115. The van der Waals surface area contributed by atoms with Gasteiger partial charge in [0.05, 0.1) is 26.8 Å². The molecule has 0 aromatic heterocycles. The standard InChI is InChI=1S/C19H22N2O3/c1-4-12-8-9-15-14(10-12)18(20-11-17(22)21-15)13-6-5-7-16(23-2)19(13)24-3/h5-10,18,20H,4,11H2,1-3H3,(H,21,22)/t18-/m1/s1. The number of hydrogen-bond acceptors (Lipinski definition) is 4. The quantitative estimate of drug-likeness (QED) is 0.907. The molecule has 1 aliphatic rings. The second-order valence-corrected chi connectivity index (χ2v) is 5.72. The Balaban J connectivity index is 2.17. The molecule has 1 amide bonds. The molecule has 0 saturated heterocycles. The lowest BCUT2D eigenvalue weighted by atomic mass is 9.94. The molecule has 0 unspecified atom stereocenters. The van der Waals surface area contributed by atoms with E-state index in [0.717, 1.165) is 23.2 Å². The largest absolute Gasteiger partial charge is 0.493 e. The highest BCUT2D eigenvalue weighted by molar-refractivity contribution is 5.94. The monoisotopic (exact) mass is 326 g/mol. The molecular formula is C19H22N2O3. The van der Waals surface area contributed by atoms with E-state index < -0.39 is 0 Å². The summed E-state index contributed by atoms with van der Waals surface area (Å²) in [4.78, 5) is 12.0. The lowest BCUT2D eigenvalue weighted by Gasteiger charge is -2.22. The SMILES string of the molecule is CCc1ccc2c(c1)[C@@H](c1cccc(OC)c1OC)NCC(=O)N2. The van der Waals surface area contributed by atoms with Crippen molar-refractivity contribution < 1.29 is 14.3 Å². The minimum absolute atomic E-state index is 0.0511. The van der Waals surface area contributed by atoms with Gasteiger partial charge >= 0.3 is 0 Å². The first-order valence-electron chi connectivity index (χ1n) is 8.04. The fourth-order valence-corrected chi connectivity index (χ4v) is 3.10. The van der Waals surface area contributed by atoms with Crippen molar-refractivity contribution in [3.8, 4) is 11.5 Å². The fraction of sp³-hybridized carbons (Fsp3) is 0.316. The van der Waals surface area contributed by atoms with Crippen LogP contribution in [0.15, 0.2) is 36.4 Å². The number of nitrogens with one attached hydrogen (secondary N) is 2. The highest BCUT2D eigenvalue weighted by Gasteiger charge is 2.26. The first-order valence-corrected chi connectivity index (χ1v) is 8.04. The van der Waals surface area contributed by atoms with Crippen LogP contribution in [0, 0.1) is 0 Å². The van der Waals surface area contributed by atoms with Crippen LogP contribution in [0.25, 0.3) is 0 Å². The summed E-state index contributed by atoms with van der Waals surface area (Å²) in [5.41, 5.74) is 4.03. The van der Waals surface area contributed by atoms with Gasteiger partial charge in [-0.25, -0.2) is 0 Å². The number of amides is 1. The Hall–Kier alpha value is -2.53. The molecule has 24 heavy (non-hydrogen) atoms. The summed E-state index contributed by atoms with van der Waals surface area (Å²) in [7, 11) is 3.25. The van der Waals surface area contributed by atoms with E-state index in [-0.39, 0.29) is 18.5 Å². The number of carbonyl (C=O) groups excluding carboxylic acids is 1. The average molecular weight is 326 g/mol. The second-order valence-electron chi connectivity index (χ2n) is 5.72. The highest BCUT2D eigenvalue weighted by Crippen LogP contribution is 2.40. The molecule has 5 nitrogen and oxygen atoms in total. The van der Waals surface area contributed by atoms with Crippen molar-refractivity contribution >= 4 is 11.6 Å². The Labute approximate surface area is 142 Å². The second kappa shape index (κ2) is 6.93. The molecule has 0 saturated carbocycles. The van der Waals surface area contributed by atoms with Gasteiger partial charge in [-0.1, -0.05) is 31.2 Å². The van der Waals surface area contributed by atoms with Crippen molar-refractivity contribution in [2.45, 2.75) is 19.4 Å². The van der Waals surface area contributed by atoms with Crippen LogP contribution < -0.4 is 20.1 Å². The third-order valence-electron chi connectivity index (χ3n) is 4.32. The maximum Gasteiger partial charge on any atom is 0.238 e. The lowest BCUT2D eigenvalue weighted by Crippen LogP contribution is -2.28. The number of rotatable bonds is 4. The van der Waals surface area contributed by atoms with Crippen LogP contribution in [0.3, 0.4) is 0 Å². The minimum Gasteiger partial charge on any atom is -0.493 e. The molecule has 0 radical (unpaired) electrons. The van der Waals surface area contributed by atoms with Crippen LogP contribution >= 0.6 is 0 Å². The van der Waals surface area contributed by atoms with Gasteiger partial charge in [0, 0.05) is 11.3 Å². The maximum atomic E-state index is 12.0. The summed E-state index contributed by atoms with van der Waals surface area (Å²) in [5, 5.41) is 6.30. The van der Waals surface area contributed by atoms with Gasteiger partial charge in [-0.3, -0.25) is 10.1 Å². The van der Waals surface area contributed by atoms with E-state index in [1.165, 1.54) is 5.56 Å². The van der Waals surface area contributed by atoms with Gasteiger partial charge in [0.25, 0.3) is 0 Å². The fourth-order valence-electron chi connectivity index (χ4n) is 3.10. The molecule has 3 rings (SSSR count). The number of aryl methyl sites for hydroxylation is 1. The third kappa shape index (κ3) is 2.95. The smallest absolute Gasteiger partial charge is 0.238 e. The molecule has 0 fully saturated rings. The van der Waals surface area contributed by atoms with Gasteiger partial charge in [0.15, 0.2) is 11.5 Å². The first kappa shape index (κ1) is 16.3. The summed E-state index contributed by atoms with van der Waals surface area (Å²) in [6.07, 6.45) is 0.934. The molecule has 5 heteroatoms. The Bertz CT molecular complexity index is 758. The Morgan fingerprint density at radius 1 is 1.12 bits per heavy atom. The molecular weight excluding hydrogens is 304 g/mol. The number of anilines is 1. The van der Waals surface area contributed by atoms with Crippen molar-refractivity contribution in [3.05, 3.63) is 53.1 Å². The number of benzene rings is 2. The molecule has 2 aromatic rings. The van der Waals surface area contributed by atoms with E-state index in [1.807, 2.05) is 30.3 Å². The first-order chi connectivity index (χ1) is 11.7. The van der Waals surface area contributed by atoms with Crippen LogP contribution in [-0.4, -0.2) is 26.7 Å². The predicted octanol–water partition coefficient (Wildman–Crippen LogP) is 2.90. The average Bonchev–Trinajstić information content (AvgIpc) is 2.78. The normalized spacial score (nSPS) is 16.8. The van der Waals surface area contributed by atoms with E-state index in [9.17, 15) is 4.79 Å². The molecule has 1 heterocycles. The molecule has 2 aromatic carbocycles. The van der Waals surface area contributed by atoms with Gasteiger partial charge in [0.1, 0.15) is 0 Å². The summed E-state index contributed by atoms with van der Waals surface area (Å²) in [6, 6.07) is 11.8. The summed E-state index contributed by atoms with van der Waals surface area (Å²) >= 11 is 0. The summed E-state index contributed by atoms with van der Waals surface area (Å²) in [5.74, 6) is 1.30. The number of ether oxygens (including phenoxy) is 2. The number of carbonyl (C=O) groups is 1. The van der Waals surface area contributed by atoms with E-state index in [1.54, 1.807) is 14.2 Å². The minimum atomic E-state index is -0.157. The molecule has 0 spiro atoms. The molecule has 2 N–H and O–H groups in total. The Kier molecular flexibility index (Phi) is 4.71. The molecule has 0 bridgehead atoms. The van der Waals surface area contributed by atoms with E-state index in [0.29, 0.717) is 11.5 Å². The van der Waals surface area contributed by atoms with Gasteiger partial charge in [-0.05, 0) is 29.7 Å². The van der Waals surface area contributed by atoms with E-state index >= 15 is 0 Å². The van der Waals surface area contributed by atoms with Gasteiger partial charge in [0.2, 0.25) is 5.91 Å². The maximum absolute atomic E-state index is 12.0. The summed E-state index contributed by atoms with van der Waals surface area (Å²) in [6.45, 7) is 2.35. The summed E-state index contributed by atoms with van der Waals surface area (Å²) < 4.78 is 11.0. The topological polar surface area (TPSA) is 59.6 Å². The zero-order valence-corrected chi connectivity index (χ0v) is 14.2. The van der Waals surface area contributed by atoms with Gasteiger partial charge < -0.3 is 14.8 Å². The zero-order chi connectivity index (χ0) is 17.1. The van der Waals surface area contributed by atoms with E-state index in [2.05, 4.69) is 23.6 Å². The van der Waals surface area contributed by atoms with Crippen LogP contribution in [0.4, 0.5) is 5.69 Å². The highest BCUT2D eigenvalue weighted by atomic mass is 16.5.